The van der Waals surface area contributed by atoms with Gasteiger partial charge in [-0.1, -0.05) is 6.07 Å². The van der Waals surface area contributed by atoms with E-state index in [1.54, 1.807) is 0 Å². The van der Waals surface area contributed by atoms with Gasteiger partial charge in [-0.2, -0.15) is 0 Å². The number of benzene rings is 1. The molecule has 0 heterocycles. The summed E-state index contributed by atoms with van der Waals surface area (Å²) >= 11 is 0. The van der Waals surface area contributed by atoms with Crippen molar-refractivity contribution in [2.75, 3.05) is 5.73 Å². The Labute approximate surface area is 69.6 Å². The maximum absolute atomic E-state index is 12.6. The fourth-order valence-electron chi connectivity index (χ4n) is 0.678. The number of hydrogen-bond donors (Lipinski definition) is 1. The Hall–Kier alpha value is -0.830. The summed E-state index contributed by atoms with van der Waals surface area (Å²) in [4.78, 5) is 0. The van der Waals surface area contributed by atoms with Gasteiger partial charge in [-0.05, 0) is 18.6 Å². The van der Waals surface area contributed by atoms with Gasteiger partial charge in [-0.25, -0.2) is 8.78 Å². The van der Waals surface area contributed by atoms with Crippen LogP contribution in [-0.4, -0.2) is 0 Å². The second-order valence-electron chi connectivity index (χ2n) is 2.09. The highest BCUT2D eigenvalue weighted by molar-refractivity contribution is 5.85. The van der Waals surface area contributed by atoms with E-state index >= 15 is 0 Å². The van der Waals surface area contributed by atoms with Gasteiger partial charge in [0.2, 0.25) is 0 Å². The zero-order valence-electron chi connectivity index (χ0n) is 5.90. The van der Waals surface area contributed by atoms with Crippen molar-refractivity contribution in [3.63, 3.8) is 0 Å². The molecule has 0 aliphatic heterocycles. The maximum atomic E-state index is 12.6. The summed E-state index contributed by atoms with van der Waals surface area (Å²) in [5.41, 5.74) is 4.99. The molecule has 0 aromatic heterocycles. The average molecular weight is 180 g/mol. The molecule has 0 fully saturated rings. The summed E-state index contributed by atoms with van der Waals surface area (Å²) in [5, 5.41) is 0. The van der Waals surface area contributed by atoms with Crippen molar-refractivity contribution in [1.82, 2.24) is 0 Å². The molecule has 62 valence electrons. The van der Waals surface area contributed by atoms with Crippen molar-refractivity contribution in [3.05, 3.63) is 29.3 Å². The molecule has 1 aromatic rings. The fourth-order valence-corrected chi connectivity index (χ4v) is 0.678. The molecule has 1 aromatic carbocycles. The normalized spacial score (nSPS) is 9.00. The average Bonchev–Trinajstić information content (AvgIpc) is 1.93. The minimum absolute atomic E-state index is 0. The third-order valence-electron chi connectivity index (χ3n) is 1.32. The number of anilines is 1. The Kier molecular flexibility index (Phi) is 3.26. The first-order chi connectivity index (χ1) is 4.63. The van der Waals surface area contributed by atoms with Gasteiger partial charge in [0.15, 0.2) is 5.82 Å². The molecule has 1 nitrogen and oxygen atoms in total. The predicted octanol–water partition coefficient (Wildman–Crippen LogP) is 2.28. The van der Waals surface area contributed by atoms with E-state index in [0.717, 1.165) is 6.07 Å². The van der Waals surface area contributed by atoms with Crippen LogP contribution in [0.25, 0.3) is 0 Å². The van der Waals surface area contributed by atoms with Crippen molar-refractivity contribution < 1.29 is 8.78 Å². The molecule has 0 aliphatic carbocycles. The van der Waals surface area contributed by atoms with E-state index in [-0.39, 0.29) is 12.4 Å². The lowest BCUT2D eigenvalue weighted by molar-refractivity contribution is 0.586. The van der Waals surface area contributed by atoms with Crippen LogP contribution < -0.4 is 5.73 Å². The Balaban J connectivity index is 0.000001000. The van der Waals surface area contributed by atoms with E-state index in [0.29, 0.717) is 5.56 Å². The largest absolute Gasteiger partial charge is 0.394 e. The van der Waals surface area contributed by atoms with Crippen molar-refractivity contribution in [2.24, 2.45) is 0 Å². The molecule has 0 unspecified atom stereocenters. The smallest absolute Gasteiger partial charge is 0.151 e. The quantitative estimate of drug-likeness (QED) is 0.608. The van der Waals surface area contributed by atoms with E-state index in [1.165, 1.54) is 13.0 Å². The molecule has 0 spiro atoms. The van der Waals surface area contributed by atoms with Crippen LogP contribution in [0, 0.1) is 18.6 Å². The number of nitrogens with two attached hydrogens (primary N) is 1. The zero-order valence-corrected chi connectivity index (χ0v) is 6.71. The number of aryl methyl sites for hydroxylation is 1. The van der Waals surface area contributed by atoms with Crippen LogP contribution in [0.15, 0.2) is 12.1 Å². The molecule has 0 aliphatic rings. The summed E-state index contributed by atoms with van der Waals surface area (Å²) in [7, 11) is 0. The van der Waals surface area contributed by atoms with Crippen molar-refractivity contribution in [1.29, 1.82) is 0 Å². The number of hydrogen-bond acceptors (Lipinski definition) is 1. The monoisotopic (exact) mass is 179 g/mol. The lowest BCUT2D eigenvalue weighted by Gasteiger charge is -1.99. The van der Waals surface area contributed by atoms with Gasteiger partial charge in [0.05, 0.1) is 0 Å². The van der Waals surface area contributed by atoms with Crippen LogP contribution >= 0.6 is 12.4 Å². The van der Waals surface area contributed by atoms with Crippen molar-refractivity contribution in [3.8, 4) is 0 Å². The zero-order chi connectivity index (χ0) is 7.72. The third kappa shape index (κ3) is 1.80. The Bertz CT molecular complexity index is 236. The van der Waals surface area contributed by atoms with Gasteiger partial charge >= 0.3 is 0 Å². The van der Waals surface area contributed by atoms with Crippen LogP contribution in [0.2, 0.25) is 0 Å². The van der Waals surface area contributed by atoms with Crippen LogP contribution in [0.1, 0.15) is 5.56 Å². The van der Waals surface area contributed by atoms with E-state index < -0.39 is 17.3 Å². The fraction of sp³-hybridized carbons (Fsp3) is 0.143. The van der Waals surface area contributed by atoms with Gasteiger partial charge < -0.3 is 5.73 Å². The van der Waals surface area contributed by atoms with E-state index in [4.69, 9.17) is 5.73 Å². The van der Waals surface area contributed by atoms with Crippen molar-refractivity contribution in [2.45, 2.75) is 6.92 Å². The summed E-state index contributed by atoms with van der Waals surface area (Å²) in [6.07, 6.45) is 0. The maximum Gasteiger partial charge on any atom is 0.151 e. The molecular formula is C7H8ClF2N. The highest BCUT2D eigenvalue weighted by atomic mass is 35.5. The Morgan fingerprint density at radius 3 is 2.27 bits per heavy atom. The number of halogens is 3. The summed E-state index contributed by atoms with van der Waals surface area (Å²) < 4.78 is 25.0. The van der Waals surface area contributed by atoms with E-state index in [1.807, 2.05) is 0 Å². The Morgan fingerprint density at radius 2 is 1.82 bits per heavy atom. The summed E-state index contributed by atoms with van der Waals surface area (Å²) in [6.45, 7) is 1.53. The van der Waals surface area contributed by atoms with Gasteiger partial charge in [0.25, 0.3) is 0 Å². The minimum atomic E-state index is -0.705. The lowest BCUT2D eigenvalue weighted by Crippen LogP contribution is -1.96. The standard InChI is InChI=1S/C7H7F2N.ClH/c1-4-2-3-5(8)7(10)6(4)9;/h2-3H,10H2,1H3;1H. The minimum Gasteiger partial charge on any atom is -0.394 e. The first-order valence-corrected chi connectivity index (χ1v) is 2.83. The van der Waals surface area contributed by atoms with E-state index in [2.05, 4.69) is 0 Å². The molecule has 0 amide bonds. The molecule has 1 rings (SSSR count). The second kappa shape index (κ2) is 3.53. The van der Waals surface area contributed by atoms with Crippen LogP contribution in [0.5, 0.6) is 0 Å². The topological polar surface area (TPSA) is 26.0 Å². The highest BCUT2D eigenvalue weighted by Gasteiger charge is 2.05. The molecule has 0 atom stereocenters. The summed E-state index contributed by atoms with van der Waals surface area (Å²) in [6, 6.07) is 2.49. The SMILES string of the molecule is Cc1ccc(F)c(N)c1F.Cl. The van der Waals surface area contributed by atoms with Gasteiger partial charge in [-0.15, -0.1) is 12.4 Å². The predicted molar refractivity (Wildman–Crippen MR) is 42.8 cm³/mol. The first kappa shape index (κ1) is 10.2. The van der Waals surface area contributed by atoms with E-state index in [9.17, 15) is 8.78 Å². The number of rotatable bonds is 0. The third-order valence-corrected chi connectivity index (χ3v) is 1.32. The van der Waals surface area contributed by atoms with Crippen molar-refractivity contribution >= 4 is 18.1 Å². The molecule has 4 heteroatoms. The summed E-state index contributed by atoms with van der Waals surface area (Å²) in [5.74, 6) is -1.37. The van der Waals surface area contributed by atoms with Gasteiger partial charge in [0.1, 0.15) is 11.5 Å². The molecular weight excluding hydrogens is 172 g/mol. The molecule has 0 saturated carbocycles. The van der Waals surface area contributed by atoms with Crippen LogP contribution in [-0.2, 0) is 0 Å². The van der Waals surface area contributed by atoms with Crippen LogP contribution in [0.3, 0.4) is 0 Å². The molecule has 11 heavy (non-hydrogen) atoms. The molecule has 0 saturated heterocycles. The lowest BCUT2D eigenvalue weighted by atomic mass is 10.2. The number of nitrogen functional groups attached to an aromatic ring is 1. The Morgan fingerprint density at radius 1 is 1.27 bits per heavy atom. The highest BCUT2D eigenvalue weighted by Crippen LogP contribution is 2.17. The van der Waals surface area contributed by atoms with Crippen LogP contribution in [0.4, 0.5) is 14.5 Å². The molecule has 0 radical (unpaired) electrons. The first-order valence-electron chi connectivity index (χ1n) is 2.83. The second-order valence-corrected chi connectivity index (χ2v) is 2.09. The molecule has 0 bridgehead atoms. The van der Waals surface area contributed by atoms with Gasteiger partial charge in [0, 0.05) is 0 Å². The van der Waals surface area contributed by atoms with Gasteiger partial charge in [-0.3, -0.25) is 0 Å². The molecule has 2 N–H and O–H groups in total.